The molecule has 3 aromatic carbocycles. The summed E-state index contributed by atoms with van der Waals surface area (Å²) < 4.78 is 2.29. The van der Waals surface area contributed by atoms with Crippen LogP contribution >= 0.6 is 0 Å². The van der Waals surface area contributed by atoms with E-state index >= 15 is 0 Å². The van der Waals surface area contributed by atoms with Crippen LogP contribution in [0.15, 0.2) is 133 Å². The molecule has 3 aromatic heterocycles. The van der Waals surface area contributed by atoms with Crippen LogP contribution in [0.4, 0.5) is 11.4 Å². The average molecular weight is 504 g/mol. The third-order valence-corrected chi connectivity index (χ3v) is 7.13. The molecular formula is C34H25N5. The van der Waals surface area contributed by atoms with E-state index in [-0.39, 0.29) is 0 Å². The van der Waals surface area contributed by atoms with Crippen molar-refractivity contribution in [3.8, 4) is 16.9 Å². The highest BCUT2D eigenvalue weighted by molar-refractivity contribution is 6.07. The number of hydrogen-bond donors (Lipinski definition) is 0. The van der Waals surface area contributed by atoms with Gasteiger partial charge in [-0.2, -0.15) is 0 Å². The predicted octanol–water partition coefficient (Wildman–Crippen LogP) is 7.83. The Balaban J connectivity index is 1.48. The minimum absolute atomic E-state index is 0.469. The second-order valence-electron chi connectivity index (χ2n) is 9.43. The van der Waals surface area contributed by atoms with Crippen LogP contribution in [-0.4, -0.2) is 20.7 Å². The van der Waals surface area contributed by atoms with Gasteiger partial charge in [0.25, 0.3) is 0 Å². The summed E-state index contributed by atoms with van der Waals surface area (Å²) >= 11 is 0. The molecule has 0 saturated heterocycles. The number of pyridine rings is 2. The average Bonchev–Trinajstić information content (AvgIpc) is 3.35. The molecular weight excluding hydrogens is 478 g/mol. The molecule has 7 rings (SSSR count). The van der Waals surface area contributed by atoms with E-state index in [2.05, 4.69) is 93.3 Å². The molecule has 0 N–H and O–H groups in total. The van der Waals surface area contributed by atoms with Crippen LogP contribution < -0.4 is 4.90 Å². The molecule has 0 saturated carbocycles. The van der Waals surface area contributed by atoms with E-state index in [0.29, 0.717) is 6.54 Å². The molecule has 186 valence electrons. The Morgan fingerprint density at radius 3 is 2.26 bits per heavy atom. The number of fused-ring (bicyclic) bond motifs is 4. The van der Waals surface area contributed by atoms with Gasteiger partial charge in [-0.05, 0) is 54.6 Å². The lowest BCUT2D eigenvalue weighted by atomic mass is 10.1. The van der Waals surface area contributed by atoms with Gasteiger partial charge < -0.3 is 9.47 Å². The highest BCUT2D eigenvalue weighted by Crippen LogP contribution is 2.41. The first-order valence-corrected chi connectivity index (χ1v) is 12.9. The quantitative estimate of drug-likeness (QED) is 0.247. The molecule has 0 atom stereocenters. The van der Waals surface area contributed by atoms with E-state index in [0.717, 1.165) is 61.9 Å². The molecule has 0 fully saturated rings. The number of aliphatic imine (C=N–C) groups is 1. The van der Waals surface area contributed by atoms with E-state index in [4.69, 9.17) is 16.6 Å². The zero-order valence-corrected chi connectivity index (χ0v) is 21.3. The van der Waals surface area contributed by atoms with Crippen LogP contribution in [0.3, 0.4) is 0 Å². The zero-order chi connectivity index (χ0) is 26.2. The minimum atomic E-state index is 0.469. The highest BCUT2D eigenvalue weighted by atomic mass is 15.2. The number of nitrogens with zero attached hydrogens (tertiary/aromatic N) is 5. The lowest BCUT2D eigenvalue weighted by Crippen LogP contribution is -2.19. The highest BCUT2D eigenvalue weighted by Gasteiger charge is 2.27. The Kier molecular flexibility index (Phi) is 5.60. The summed E-state index contributed by atoms with van der Waals surface area (Å²) in [6.45, 7) is 5.19. The van der Waals surface area contributed by atoms with Crippen molar-refractivity contribution in [2.24, 2.45) is 4.99 Å². The summed E-state index contributed by atoms with van der Waals surface area (Å²) in [4.78, 5) is 16.3. The minimum Gasteiger partial charge on any atom is -0.307 e. The molecule has 5 heteroatoms. The van der Waals surface area contributed by atoms with Crippen molar-refractivity contribution < 1.29 is 0 Å². The summed E-state index contributed by atoms with van der Waals surface area (Å²) in [6.07, 6.45) is 5.62. The summed E-state index contributed by atoms with van der Waals surface area (Å²) in [5, 5.41) is 1.13. The van der Waals surface area contributed by atoms with Gasteiger partial charge in [-0.25, -0.2) is 0 Å². The maximum Gasteiger partial charge on any atom is 0.0857 e. The largest absolute Gasteiger partial charge is 0.307 e. The van der Waals surface area contributed by atoms with Crippen molar-refractivity contribution in [3.63, 3.8) is 0 Å². The fraction of sp³-hybridized carbons (Fsp3) is 0.0294. The number of aromatic nitrogens is 3. The molecule has 1 aliphatic rings. The molecule has 5 nitrogen and oxygen atoms in total. The fourth-order valence-corrected chi connectivity index (χ4v) is 5.36. The van der Waals surface area contributed by atoms with E-state index in [1.54, 1.807) is 0 Å². The van der Waals surface area contributed by atoms with Gasteiger partial charge in [-0.3, -0.25) is 15.0 Å². The monoisotopic (exact) mass is 503 g/mol. The van der Waals surface area contributed by atoms with Gasteiger partial charge in [0.15, 0.2) is 0 Å². The van der Waals surface area contributed by atoms with Crippen LogP contribution in [0, 0.1) is 0 Å². The van der Waals surface area contributed by atoms with Crippen molar-refractivity contribution in [3.05, 3.63) is 145 Å². The first-order valence-electron chi connectivity index (χ1n) is 12.9. The van der Waals surface area contributed by atoms with Crippen molar-refractivity contribution in [1.82, 2.24) is 14.5 Å². The summed E-state index contributed by atoms with van der Waals surface area (Å²) in [5.41, 5.74) is 9.91. The van der Waals surface area contributed by atoms with Crippen molar-refractivity contribution >= 4 is 34.2 Å². The number of para-hydroxylation sites is 2. The molecule has 6 aromatic rings. The number of rotatable bonds is 3. The Morgan fingerprint density at radius 2 is 1.44 bits per heavy atom. The Labute approximate surface area is 227 Å². The summed E-state index contributed by atoms with van der Waals surface area (Å²) in [7, 11) is 0. The molecule has 4 heterocycles. The van der Waals surface area contributed by atoms with Crippen molar-refractivity contribution in [2.45, 2.75) is 6.54 Å². The maximum absolute atomic E-state index is 4.87. The van der Waals surface area contributed by atoms with E-state index in [9.17, 15) is 0 Å². The normalized spacial score (nSPS) is 12.9. The van der Waals surface area contributed by atoms with E-state index in [1.165, 1.54) is 0 Å². The maximum atomic E-state index is 4.87. The number of hydrogen-bond acceptors (Lipinski definition) is 4. The smallest absolute Gasteiger partial charge is 0.0857 e. The first-order chi connectivity index (χ1) is 19.3. The second kappa shape index (κ2) is 9.54. The van der Waals surface area contributed by atoms with Gasteiger partial charge in [-0.1, -0.05) is 61.2 Å². The first kappa shape index (κ1) is 22.9. The standard InChI is InChI=1S/C34H25N5/c1-24-34-29(28-12-5-6-14-32(28)39(34)26-10-3-2-4-11-26)22-35-23-31-33(15-9-21-37-31)38(24)27-18-16-25(17-19-27)30-13-7-8-20-36-30/h2-22H,1,23H2. The van der Waals surface area contributed by atoms with Crippen molar-refractivity contribution in [1.29, 1.82) is 0 Å². The fourth-order valence-electron chi connectivity index (χ4n) is 5.36. The van der Waals surface area contributed by atoms with Crippen LogP contribution in [0.25, 0.3) is 33.5 Å². The summed E-state index contributed by atoms with van der Waals surface area (Å²) in [6, 6.07) is 37.4. The molecule has 39 heavy (non-hydrogen) atoms. The molecule has 0 aliphatic carbocycles. The van der Waals surface area contributed by atoms with E-state index in [1.807, 2.05) is 48.9 Å². The molecule has 0 bridgehead atoms. The van der Waals surface area contributed by atoms with Crippen LogP contribution in [0.2, 0.25) is 0 Å². The van der Waals surface area contributed by atoms with Gasteiger partial charge in [0.05, 0.1) is 40.5 Å². The van der Waals surface area contributed by atoms with Crippen LogP contribution in [-0.2, 0) is 6.54 Å². The van der Waals surface area contributed by atoms with Crippen molar-refractivity contribution in [2.75, 3.05) is 4.90 Å². The van der Waals surface area contributed by atoms with Gasteiger partial charge in [-0.15, -0.1) is 0 Å². The van der Waals surface area contributed by atoms with Gasteiger partial charge >= 0.3 is 0 Å². The molecule has 0 spiro atoms. The molecule has 0 radical (unpaired) electrons. The molecule has 0 unspecified atom stereocenters. The molecule has 0 amide bonds. The third kappa shape index (κ3) is 3.92. The third-order valence-electron chi connectivity index (χ3n) is 7.13. The second-order valence-corrected chi connectivity index (χ2v) is 9.43. The lowest BCUT2D eigenvalue weighted by Gasteiger charge is -2.29. The predicted molar refractivity (Wildman–Crippen MR) is 160 cm³/mol. The topological polar surface area (TPSA) is 46.3 Å². The zero-order valence-electron chi connectivity index (χ0n) is 21.3. The van der Waals surface area contributed by atoms with Gasteiger partial charge in [0.1, 0.15) is 0 Å². The Morgan fingerprint density at radius 1 is 0.667 bits per heavy atom. The van der Waals surface area contributed by atoms with Gasteiger partial charge in [0, 0.05) is 46.5 Å². The van der Waals surface area contributed by atoms with Crippen LogP contribution in [0.1, 0.15) is 17.0 Å². The summed E-state index contributed by atoms with van der Waals surface area (Å²) in [5.74, 6) is 0. The molecule has 1 aliphatic heterocycles. The van der Waals surface area contributed by atoms with E-state index < -0.39 is 0 Å². The van der Waals surface area contributed by atoms with Crippen LogP contribution in [0.5, 0.6) is 0 Å². The number of benzene rings is 3. The number of anilines is 2. The Hall–Kier alpha value is -5.29. The SMILES string of the molecule is C=C1c2c(c3ccccc3n2-c2ccccc2)C=NCc2ncccc2N1c1ccc(-c2ccccn2)cc1. The lowest BCUT2D eigenvalue weighted by molar-refractivity contribution is 0.988. The van der Waals surface area contributed by atoms with Gasteiger partial charge in [0.2, 0.25) is 0 Å². The Bertz CT molecular complexity index is 1830.